The van der Waals surface area contributed by atoms with Crippen molar-refractivity contribution < 1.29 is 19.4 Å². The van der Waals surface area contributed by atoms with Gasteiger partial charge in [0.2, 0.25) is 0 Å². The molecule has 0 bridgehead atoms. The third-order valence-corrected chi connectivity index (χ3v) is 2.28. The van der Waals surface area contributed by atoms with Crippen molar-refractivity contribution in [2.75, 3.05) is 6.61 Å². The monoisotopic (exact) mass is 208 g/mol. The quantitative estimate of drug-likeness (QED) is 0.801. The van der Waals surface area contributed by atoms with E-state index in [4.69, 9.17) is 14.6 Å². The number of hydrogen-bond donors (Lipinski definition) is 1. The Labute approximate surface area is 87.4 Å². The zero-order chi connectivity index (χ0) is 10.7. The number of ether oxygens (including phenoxy) is 2. The van der Waals surface area contributed by atoms with Crippen LogP contribution in [0.2, 0.25) is 0 Å². The maximum atomic E-state index is 10.8. The highest BCUT2D eigenvalue weighted by atomic mass is 16.7. The molecule has 15 heavy (non-hydrogen) atoms. The van der Waals surface area contributed by atoms with Crippen LogP contribution in [-0.2, 0) is 14.3 Å². The van der Waals surface area contributed by atoms with Crippen molar-refractivity contribution in [3.63, 3.8) is 0 Å². The molecule has 0 saturated carbocycles. The maximum absolute atomic E-state index is 10.8. The number of benzene rings is 1. The Kier molecular flexibility index (Phi) is 2.99. The van der Waals surface area contributed by atoms with Gasteiger partial charge in [0.15, 0.2) is 12.4 Å². The summed E-state index contributed by atoms with van der Waals surface area (Å²) in [6.07, 6.45) is -0.913. The summed E-state index contributed by atoms with van der Waals surface area (Å²) >= 11 is 0. The van der Waals surface area contributed by atoms with Gasteiger partial charge in [0.25, 0.3) is 0 Å². The Morgan fingerprint density at radius 2 is 2.07 bits per heavy atom. The van der Waals surface area contributed by atoms with Gasteiger partial charge in [-0.1, -0.05) is 30.3 Å². The van der Waals surface area contributed by atoms with Gasteiger partial charge >= 0.3 is 5.97 Å². The van der Waals surface area contributed by atoms with E-state index in [-0.39, 0.29) is 0 Å². The van der Waals surface area contributed by atoms with Gasteiger partial charge < -0.3 is 14.6 Å². The summed E-state index contributed by atoms with van der Waals surface area (Å²) in [5.41, 5.74) is 0.850. The second-order valence-electron chi connectivity index (χ2n) is 3.37. The number of carboxylic acids is 1. The predicted octanol–water partition coefficient (Wildman–Crippen LogP) is 1.58. The van der Waals surface area contributed by atoms with E-state index in [2.05, 4.69) is 0 Å². The molecule has 4 heteroatoms. The molecule has 0 unspecified atom stereocenters. The Balaban J connectivity index is 2.08. The molecule has 0 radical (unpaired) electrons. The van der Waals surface area contributed by atoms with Crippen LogP contribution in [0.1, 0.15) is 18.3 Å². The van der Waals surface area contributed by atoms with Crippen LogP contribution < -0.4 is 0 Å². The maximum Gasteiger partial charge on any atom is 0.333 e. The van der Waals surface area contributed by atoms with E-state index in [0.29, 0.717) is 13.0 Å². The number of carbonyl (C=O) groups is 1. The largest absolute Gasteiger partial charge is 0.479 e. The minimum absolute atomic E-state index is 0.401. The first-order chi connectivity index (χ1) is 7.27. The van der Waals surface area contributed by atoms with E-state index in [9.17, 15) is 4.79 Å². The molecule has 4 nitrogen and oxygen atoms in total. The molecule has 0 aliphatic carbocycles. The molecule has 2 atom stereocenters. The van der Waals surface area contributed by atoms with Gasteiger partial charge in [-0.3, -0.25) is 0 Å². The van der Waals surface area contributed by atoms with Crippen molar-refractivity contribution in [1.29, 1.82) is 0 Å². The van der Waals surface area contributed by atoms with Crippen molar-refractivity contribution >= 4 is 5.97 Å². The molecule has 1 aromatic carbocycles. The molecule has 1 fully saturated rings. The van der Waals surface area contributed by atoms with Crippen molar-refractivity contribution in [3.05, 3.63) is 35.9 Å². The number of carboxylic acid groups (broad SMARTS) is 1. The lowest BCUT2D eigenvalue weighted by atomic mass is 10.2. The number of aliphatic carboxylic acids is 1. The first-order valence-electron chi connectivity index (χ1n) is 4.82. The average molecular weight is 208 g/mol. The molecular formula is C11H12O4. The third-order valence-electron chi connectivity index (χ3n) is 2.28. The van der Waals surface area contributed by atoms with Crippen molar-refractivity contribution in [3.8, 4) is 0 Å². The molecule has 2 rings (SSSR count). The second kappa shape index (κ2) is 4.42. The minimum Gasteiger partial charge on any atom is -0.479 e. The van der Waals surface area contributed by atoms with Crippen LogP contribution in [0.25, 0.3) is 0 Å². The summed E-state index contributed by atoms with van der Waals surface area (Å²) in [7, 11) is 0. The van der Waals surface area contributed by atoms with E-state index in [1.807, 2.05) is 30.3 Å². The molecule has 1 heterocycles. The Bertz CT molecular complexity index is 336. The highest BCUT2D eigenvalue weighted by Gasteiger charge is 2.28. The molecule has 0 aromatic heterocycles. The summed E-state index contributed by atoms with van der Waals surface area (Å²) in [6.45, 7) is 0.413. The lowest BCUT2D eigenvalue weighted by molar-refractivity contribution is -0.224. The molecule has 1 N–H and O–H groups in total. The lowest BCUT2D eigenvalue weighted by Crippen LogP contribution is -2.33. The Morgan fingerprint density at radius 3 is 2.73 bits per heavy atom. The summed E-state index contributed by atoms with van der Waals surface area (Å²) in [5, 5.41) is 8.82. The molecule has 80 valence electrons. The molecule has 1 saturated heterocycles. The third kappa shape index (κ3) is 2.34. The molecule has 1 aliphatic heterocycles. The number of rotatable bonds is 2. The van der Waals surface area contributed by atoms with Crippen LogP contribution in [0.5, 0.6) is 0 Å². The molecule has 1 aromatic rings. The lowest BCUT2D eigenvalue weighted by Gasteiger charge is -2.27. The van der Waals surface area contributed by atoms with Crippen LogP contribution in [0.15, 0.2) is 30.3 Å². The van der Waals surface area contributed by atoms with Crippen LogP contribution in [0, 0.1) is 0 Å². The topological polar surface area (TPSA) is 55.8 Å². The van der Waals surface area contributed by atoms with Gasteiger partial charge in [0.05, 0.1) is 6.61 Å². The fourth-order valence-corrected chi connectivity index (χ4v) is 1.51. The first kappa shape index (κ1) is 10.1. The SMILES string of the molecule is O=C(O)[C@H]1CCO[C@H](c2ccccc2)O1. The fraction of sp³-hybridized carbons (Fsp3) is 0.364. The number of hydrogen-bond acceptors (Lipinski definition) is 3. The van der Waals surface area contributed by atoms with Gasteiger partial charge in [-0.2, -0.15) is 0 Å². The van der Waals surface area contributed by atoms with Crippen molar-refractivity contribution in [1.82, 2.24) is 0 Å². The van der Waals surface area contributed by atoms with E-state index in [1.54, 1.807) is 0 Å². The van der Waals surface area contributed by atoms with E-state index in [1.165, 1.54) is 0 Å². The van der Waals surface area contributed by atoms with Crippen molar-refractivity contribution in [2.45, 2.75) is 18.8 Å². The summed E-state index contributed by atoms with van der Waals surface area (Å²) in [5.74, 6) is -0.931. The van der Waals surface area contributed by atoms with E-state index < -0.39 is 18.4 Å². The van der Waals surface area contributed by atoms with Gasteiger partial charge in [0, 0.05) is 12.0 Å². The van der Waals surface area contributed by atoms with Crippen molar-refractivity contribution in [2.24, 2.45) is 0 Å². The van der Waals surface area contributed by atoms with Crippen LogP contribution in [0.4, 0.5) is 0 Å². The van der Waals surface area contributed by atoms with Crippen LogP contribution in [-0.4, -0.2) is 23.8 Å². The molecule has 0 amide bonds. The minimum atomic E-state index is -0.931. The van der Waals surface area contributed by atoms with Gasteiger partial charge in [-0.05, 0) is 0 Å². The standard InChI is InChI=1S/C11H12O4/c12-10(13)9-6-7-14-11(15-9)8-4-2-1-3-5-8/h1-5,9,11H,6-7H2,(H,12,13)/t9-,11+/m1/s1. The zero-order valence-electron chi connectivity index (χ0n) is 8.13. The Morgan fingerprint density at radius 1 is 1.33 bits per heavy atom. The normalized spacial score (nSPS) is 26.1. The van der Waals surface area contributed by atoms with Gasteiger partial charge in [-0.15, -0.1) is 0 Å². The first-order valence-corrected chi connectivity index (χ1v) is 4.82. The Hall–Kier alpha value is -1.39. The fourth-order valence-electron chi connectivity index (χ4n) is 1.51. The van der Waals surface area contributed by atoms with Crippen LogP contribution >= 0.6 is 0 Å². The smallest absolute Gasteiger partial charge is 0.333 e. The summed E-state index contributed by atoms with van der Waals surface area (Å²) in [6, 6.07) is 9.34. The van der Waals surface area contributed by atoms with E-state index >= 15 is 0 Å². The zero-order valence-corrected chi connectivity index (χ0v) is 8.13. The summed E-state index contributed by atoms with van der Waals surface area (Å²) in [4.78, 5) is 10.8. The predicted molar refractivity (Wildman–Crippen MR) is 52.3 cm³/mol. The highest BCUT2D eigenvalue weighted by molar-refractivity contribution is 5.72. The second-order valence-corrected chi connectivity index (χ2v) is 3.37. The average Bonchev–Trinajstić information content (AvgIpc) is 2.30. The van der Waals surface area contributed by atoms with Crippen LogP contribution in [0.3, 0.4) is 0 Å². The molecular weight excluding hydrogens is 196 g/mol. The van der Waals surface area contributed by atoms with E-state index in [0.717, 1.165) is 5.56 Å². The summed E-state index contributed by atoms with van der Waals surface area (Å²) < 4.78 is 10.7. The van der Waals surface area contributed by atoms with Gasteiger partial charge in [0.1, 0.15) is 0 Å². The highest BCUT2D eigenvalue weighted by Crippen LogP contribution is 2.25. The molecule has 1 aliphatic rings. The van der Waals surface area contributed by atoms with Gasteiger partial charge in [-0.25, -0.2) is 4.79 Å². The molecule has 0 spiro atoms.